The Morgan fingerprint density at radius 3 is 2.94 bits per heavy atom. The Bertz CT molecular complexity index is 507. The van der Waals surface area contributed by atoms with Crippen molar-refractivity contribution in [3.05, 3.63) is 35.3 Å². The van der Waals surface area contributed by atoms with Crippen molar-refractivity contribution < 1.29 is 13.5 Å². The van der Waals surface area contributed by atoms with E-state index in [-0.39, 0.29) is 11.9 Å². The van der Waals surface area contributed by atoms with Gasteiger partial charge in [-0.25, -0.2) is 4.39 Å². The van der Waals surface area contributed by atoms with Gasteiger partial charge < -0.3 is 14.9 Å². The van der Waals surface area contributed by atoms with Crippen LogP contribution in [0.2, 0.25) is 0 Å². The third-order valence-electron chi connectivity index (χ3n) is 2.62. The van der Waals surface area contributed by atoms with E-state index in [9.17, 15) is 4.39 Å². The number of furan rings is 1. The quantitative estimate of drug-likeness (QED) is 0.869. The maximum atomic E-state index is 13.1. The van der Waals surface area contributed by atoms with E-state index < -0.39 is 0 Å². The Morgan fingerprint density at radius 1 is 1.50 bits per heavy atom. The Balaban J connectivity index is 2.51. The molecule has 0 aliphatic carbocycles. The van der Waals surface area contributed by atoms with E-state index in [4.69, 9.17) is 14.9 Å². The first-order chi connectivity index (χ1) is 7.63. The zero-order chi connectivity index (χ0) is 11.7. The molecule has 0 saturated carbocycles. The number of hydrogen-bond donors (Lipinski definition) is 1. The lowest BCUT2D eigenvalue weighted by molar-refractivity contribution is 0.173. The predicted molar refractivity (Wildman–Crippen MR) is 59.7 cm³/mol. The van der Waals surface area contributed by atoms with Crippen LogP contribution in [0.3, 0.4) is 0 Å². The van der Waals surface area contributed by atoms with E-state index in [0.29, 0.717) is 18.0 Å². The summed E-state index contributed by atoms with van der Waals surface area (Å²) in [6.45, 7) is 2.25. The number of ether oxygens (including phenoxy) is 1. The molecule has 0 radical (unpaired) electrons. The molecule has 16 heavy (non-hydrogen) atoms. The molecule has 86 valence electrons. The van der Waals surface area contributed by atoms with Gasteiger partial charge in [-0.1, -0.05) is 0 Å². The smallest absolute Gasteiger partial charge is 0.134 e. The number of halogens is 1. The van der Waals surface area contributed by atoms with Gasteiger partial charge in [0, 0.05) is 18.1 Å². The van der Waals surface area contributed by atoms with Gasteiger partial charge in [0.25, 0.3) is 0 Å². The minimum absolute atomic E-state index is 0.275. The molecule has 3 nitrogen and oxygen atoms in total. The highest BCUT2D eigenvalue weighted by molar-refractivity contribution is 5.82. The van der Waals surface area contributed by atoms with Gasteiger partial charge in [-0.2, -0.15) is 0 Å². The number of benzene rings is 1. The third-order valence-corrected chi connectivity index (χ3v) is 2.62. The number of methoxy groups -OCH3 is 1. The lowest BCUT2D eigenvalue weighted by atomic mass is 10.1. The summed E-state index contributed by atoms with van der Waals surface area (Å²) in [6, 6.07) is 4.12. The number of nitrogens with two attached hydrogens (primary N) is 1. The second-order valence-corrected chi connectivity index (χ2v) is 3.79. The van der Waals surface area contributed by atoms with Gasteiger partial charge in [0.2, 0.25) is 0 Å². The normalized spacial score (nSPS) is 13.2. The van der Waals surface area contributed by atoms with E-state index in [1.54, 1.807) is 13.2 Å². The molecule has 2 rings (SSSR count). The zero-order valence-corrected chi connectivity index (χ0v) is 9.29. The van der Waals surface area contributed by atoms with E-state index >= 15 is 0 Å². The zero-order valence-electron chi connectivity index (χ0n) is 9.29. The van der Waals surface area contributed by atoms with Crippen molar-refractivity contribution >= 4 is 11.0 Å². The molecule has 0 bridgehead atoms. The first kappa shape index (κ1) is 11.1. The van der Waals surface area contributed by atoms with Crippen LogP contribution in [0.25, 0.3) is 11.0 Å². The van der Waals surface area contributed by atoms with Crippen LogP contribution in [-0.4, -0.2) is 13.7 Å². The van der Waals surface area contributed by atoms with Crippen LogP contribution < -0.4 is 5.73 Å². The van der Waals surface area contributed by atoms with Gasteiger partial charge in [0.05, 0.1) is 12.6 Å². The lowest BCUT2D eigenvalue weighted by Gasteiger charge is -2.07. The molecule has 2 N–H and O–H groups in total. The van der Waals surface area contributed by atoms with E-state index in [0.717, 1.165) is 10.9 Å². The van der Waals surface area contributed by atoms with Crippen molar-refractivity contribution in [3.8, 4) is 0 Å². The molecule has 0 aliphatic heterocycles. The third kappa shape index (κ3) is 1.81. The average molecular weight is 223 g/mol. The van der Waals surface area contributed by atoms with Crippen LogP contribution in [-0.2, 0) is 4.74 Å². The summed E-state index contributed by atoms with van der Waals surface area (Å²) >= 11 is 0. The molecule has 0 fully saturated rings. The molecule has 1 unspecified atom stereocenters. The highest BCUT2D eigenvalue weighted by Crippen LogP contribution is 2.29. The summed E-state index contributed by atoms with van der Waals surface area (Å²) in [4.78, 5) is 0. The van der Waals surface area contributed by atoms with Gasteiger partial charge >= 0.3 is 0 Å². The standard InChI is InChI=1S/C12H14FNO2/c1-7-9-5-8(13)3-4-11(9)16-12(7)10(14)6-15-2/h3-5,10H,6,14H2,1-2H3. The van der Waals surface area contributed by atoms with Crippen LogP contribution in [0.4, 0.5) is 4.39 Å². The van der Waals surface area contributed by atoms with Crippen molar-refractivity contribution in [2.75, 3.05) is 13.7 Å². The van der Waals surface area contributed by atoms with Crippen LogP contribution in [0.5, 0.6) is 0 Å². The van der Waals surface area contributed by atoms with Gasteiger partial charge in [0.15, 0.2) is 0 Å². The first-order valence-corrected chi connectivity index (χ1v) is 5.06. The van der Waals surface area contributed by atoms with Crippen LogP contribution in [0, 0.1) is 12.7 Å². The van der Waals surface area contributed by atoms with Crippen molar-refractivity contribution in [2.24, 2.45) is 5.73 Å². The molecule has 0 aliphatic rings. The highest BCUT2D eigenvalue weighted by atomic mass is 19.1. The minimum atomic E-state index is -0.319. The van der Waals surface area contributed by atoms with E-state index in [1.165, 1.54) is 12.1 Å². The maximum Gasteiger partial charge on any atom is 0.134 e. The maximum absolute atomic E-state index is 13.1. The van der Waals surface area contributed by atoms with Crippen molar-refractivity contribution in [2.45, 2.75) is 13.0 Å². The predicted octanol–water partition coefficient (Wildman–Crippen LogP) is 2.53. The lowest BCUT2D eigenvalue weighted by Crippen LogP contribution is -2.16. The molecule has 0 saturated heterocycles. The molecule has 0 amide bonds. The van der Waals surface area contributed by atoms with Crippen molar-refractivity contribution in [1.82, 2.24) is 0 Å². The fourth-order valence-electron chi connectivity index (χ4n) is 1.82. The summed E-state index contributed by atoms with van der Waals surface area (Å²) < 4.78 is 23.6. The SMILES string of the molecule is COCC(N)c1oc2ccc(F)cc2c1C. The van der Waals surface area contributed by atoms with Crippen LogP contribution in [0.15, 0.2) is 22.6 Å². The molecule has 1 aromatic carbocycles. The topological polar surface area (TPSA) is 48.4 Å². The van der Waals surface area contributed by atoms with Gasteiger partial charge in [-0.15, -0.1) is 0 Å². The molecule has 4 heteroatoms. The van der Waals surface area contributed by atoms with Gasteiger partial charge in [-0.3, -0.25) is 0 Å². The Kier molecular flexibility index (Phi) is 2.94. The second-order valence-electron chi connectivity index (χ2n) is 3.79. The minimum Gasteiger partial charge on any atom is -0.459 e. The summed E-state index contributed by atoms with van der Waals surface area (Å²) in [6.07, 6.45) is 0. The molecule has 0 spiro atoms. The molecular weight excluding hydrogens is 209 g/mol. The van der Waals surface area contributed by atoms with Gasteiger partial charge in [-0.05, 0) is 25.1 Å². The van der Waals surface area contributed by atoms with Gasteiger partial charge in [0.1, 0.15) is 17.2 Å². The number of fused-ring (bicyclic) bond motifs is 1. The summed E-state index contributed by atoms with van der Waals surface area (Å²) in [5.41, 5.74) is 7.42. The first-order valence-electron chi connectivity index (χ1n) is 5.06. The van der Waals surface area contributed by atoms with Crippen molar-refractivity contribution in [1.29, 1.82) is 0 Å². The molecular formula is C12H14FNO2. The van der Waals surface area contributed by atoms with E-state index in [2.05, 4.69) is 0 Å². The fourth-order valence-corrected chi connectivity index (χ4v) is 1.82. The molecule has 2 aromatic rings. The molecule has 1 heterocycles. The average Bonchev–Trinajstić information content (AvgIpc) is 2.57. The van der Waals surface area contributed by atoms with Crippen LogP contribution >= 0.6 is 0 Å². The summed E-state index contributed by atoms with van der Waals surface area (Å²) in [5, 5.41) is 0.765. The number of aryl methyl sites for hydroxylation is 1. The Labute approximate surface area is 93.0 Å². The molecule has 1 atom stereocenters. The van der Waals surface area contributed by atoms with Crippen molar-refractivity contribution in [3.63, 3.8) is 0 Å². The fraction of sp³-hybridized carbons (Fsp3) is 0.333. The summed E-state index contributed by atoms with van der Waals surface area (Å²) in [5.74, 6) is 0.380. The Morgan fingerprint density at radius 2 is 2.25 bits per heavy atom. The highest BCUT2D eigenvalue weighted by Gasteiger charge is 2.17. The number of rotatable bonds is 3. The second kappa shape index (κ2) is 4.23. The Hall–Kier alpha value is -1.39. The largest absolute Gasteiger partial charge is 0.459 e. The molecule has 1 aromatic heterocycles. The monoisotopic (exact) mass is 223 g/mol. The van der Waals surface area contributed by atoms with E-state index in [1.807, 2.05) is 6.92 Å². The number of hydrogen-bond acceptors (Lipinski definition) is 3. The summed E-state index contributed by atoms with van der Waals surface area (Å²) in [7, 11) is 1.58. The van der Waals surface area contributed by atoms with Crippen LogP contribution in [0.1, 0.15) is 17.4 Å².